The second kappa shape index (κ2) is 9.56. The molecule has 1 amide bonds. The van der Waals surface area contributed by atoms with Gasteiger partial charge < -0.3 is 15.5 Å². The maximum atomic E-state index is 13.4. The number of carbonyl (C=O) groups excluding carboxylic acids is 1. The SMILES string of the molecule is CCNC(=NCc1cccc(NC(C)=O)c1)N(C)Cc1cccc(F)c1. The number of hydrogen-bond donors (Lipinski definition) is 2. The van der Waals surface area contributed by atoms with Crippen LogP contribution in [0.5, 0.6) is 0 Å². The van der Waals surface area contributed by atoms with Crippen molar-refractivity contribution in [2.24, 2.45) is 4.99 Å². The monoisotopic (exact) mass is 356 g/mol. The van der Waals surface area contributed by atoms with Gasteiger partial charge in [-0.05, 0) is 42.3 Å². The molecule has 0 heterocycles. The minimum atomic E-state index is -0.243. The Bertz CT molecular complexity index is 776. The second-order valence-electron chi connectivity index (χ2n) is 6.04. The maximum Gasteiger partial charge on any atom is 0.221 e. The maximum absolute atomic E-state index is 13.4. The first-order valence-corrected chi connectivity index (χ1v) is 8.58. The molecule has 2 aromatic carbocycles. The molecule has 0 unspecified atom stereocenters. The molecule has 0 radical (unpaired) electrons. The normalized spacial score (nSPS) is 11.2. The van der Waals surface area contributed by atoms with Crippen LogP contribution >= 0.6 is 0 Å². The van der Waals surface area contributed by atoms with Gasteiger partial charge in [-0.1, -0.05) is 24.3 Å². The van der Waals surface area contributed by atoms with Crippen LogP contribution in [0.15, 0.2) is 53.5 Å². The fraction of sp³-hybridized carbons (Fsp3) is 0.300. The zero-order valence-corrected chi connectivity index (χ0v) is 15.4. The zero-order valence-electron chi connectivity index (χ0n) is 15.4. The first-order chi connectivity index (χ1) is 12.5. The number of hydrogen-bond acceptors (Lipinski definition) is 2. The van der Waals surface area contributed by atoms with Gasteiger partial charge >= 0.3 is 0 Å². The number of guanidine groups is 1. The quantitative estimate of drug-likeness (QED) is 0.616. The number of nitrogens with one attached hydrogen (secondary N) is 2. The fourth-order valence-corrected chi connectivity index (χ4v) is 2.57. The van der Waals surface area contributed by atoms with Crippen molar-refractivity contribution in [1.29, 1.82) is 0 Å². The van der Waals surface area contributed by atoms with Crippen LogP contribution in [0.4, 0.5) is 10.1 Å². The van der Waals surface area contributed by atoms with E-state index in [4.69, 9.17) is 0 Å². The van der Waals surface area contributed by atoms with E-state index in [9.17, 15) is 9.18 Å². The number of anilines is 1. The standard InChI is InChI=1S/C20H25FN4O/c1-4-22-20(25(3)14-17-8-5-9-18(21)11-17)23-13-16-7-6-10-19(12-16)24-15(2)26/h5-12H,4,13-14H2,1-3H3,(H,22,23)(H,24,26). The van der Waals surface area contributed by atoms with Crippen molar-refractivity contribution in [2.75, 3.05) is 18.9 Å². The molecule has 0 aliphatic rings. The molecule has 0 spiro atoms. The number of benzene rings is 2. The molecular formula is C20H25FN4O. The molecule has 0 aromatic heterocycles. The number of halogens is 1. The molecule has 0 bridgehead atoms. The summed E-state index contributed by atoms with van der Waals surface area (Å²) in [5.41, 5.74) is 2.62. The molecule has 0 atom stereocenters. The lowest BCUT2D eigenvalue weighted by atomic mass is 10.2. The Kier molecular flexibility index (Phi) is 7.14. The van der Waals surface area contributed by atoms with Crippen LogP contribution in [0.1, 0.15) is 25.0 Å². The molecule has 0 fully saturated rings. The Labute approximate surface area is 153 Å². The summed E-state index contributed by atoms with van der Waals surface area (Å²) in [6.45, 7) is 5.25. The molecule has 0 saturated heterocycles. The van der Waals surface area contributed by atoms with Gasteiger partial charge in [0.25, 0.3) is 0 Å². The van der Waals surface area contributed by atoms with Crippen molar-refractivity contribution in [3.05, 3.63) is 65.5 Å². The smallest absolute Gasteiger partial charge is 0.221 e. The van der Waals surface area contributed by atoms with E-state index in [2.05, 4.69) is 15.6 Å². The predicted octanol–water partition coefficient (Wildman–Crippen LogP) is 3.38. The van der Waals surface area contributed by atoms with Gasteiger partial charge in [0.15, 0.2) is 5.96 Å². The third-order valence-corrected chi connectivity index (χ3v) is 3.66. The number of amides is 1. The van der Waals surface area contributed by atoms with Crippen molar-refractivity contribution >= 4 is 17.6 Å². The first kappa shape index (κ1) is 19.4. The van der Waals surface area contributed by atoms with Crippen LogP contribution < -0.4 is 10.6 Å². The lowest BCUT2D eigenvalue weighted by Gasteiger charge is -2.22. The molecule has 2 N–H and O–H groups in total. The fourth-order valence-electron chi connectivity index (χ4n) is 2.57. The lowest BCUT2D eigenvalue weighted by molar-refractivity contribution is -0.114. The number of carbonyl (C=O) groups is 1. The summed E-state index contributed by atoms with van der Waals surface area (Å²) in [5.74, 6) is 0.392. The highest BCUT2D eigenvalue weighted by atomic mass is 19.1. The molecule has 138 valence electrons. The molecule has 2 rings (SSSR count). The van der Waals surface area contributed by atoms with Crippen LogP contribution in [-0.2, 0) is 17.9 Å². The summed E-state index contributed by atoms with van der Waals surface area (Å²) in [6.07, 6.45) is 0. The van der Waals surface area contributed by atoms with Gasteiger partial charge in [-0.25, -0.2) is 9.38 Å². The summed E-state index contributed by atoms with van der Waals surface area (Å²) in [7, 11) is 1.92. The predicted molar refractivity (Wildman–Crippen MR) is 103 cm³/mol. The van der Waals surface area contributed by atoms with E-state index in [-0.39, 0.29) is 11.7 Å². The Morgan fingerprint density at radius 2 is 1.88 bits per heavy atom. The molecule has 0 aliphatic heterocycles. The summed E-state index contributed by atoms with van der Waals surface area (Å²) in [4.78, 5) is 17.8. The van der Waals surface area contributed by atoms with Crippen molar-refractivity contribution in [1.82, 2.24) is 10.2 Å². The molecule has 26 heavy (non-hydrogen) atoms. The van der Waals surface area contributed by atoms with Gasteiger partial charge in [-0.2, -0.15) is 0 Å². The van der Waals surface area contributed by atoms with Crippen molar-refractivity contribution in [3.8, 4) is 0 Å². The largest absolute Gasteiger partial charge is 0.357 e. The molecule has 5 nitrogen and oxygen atoms in total. The second-order valence-corrected chi connectivity index (χ2v) is 6.04. The van der Waals surface area contributed by atoms with E-state index in [0.29, 0.717) is 13.1 Å². The van der Waals surface area contributed by atoms with Crippen LogP contribution in [0, 0.1) is 5.82 Å². The van der Waals surface area contributed by atoms with E-state index in [0.717, 1.165) is 29.3 Å². The van der Waals surface area contributed by atoms with Crippen molar-refractivity contribution in [2.45, 2.75) is 26.9 Å². The van der Waals surface area contributed by atoms with Gasteiger partial charge in [0, 0.05) is 32.7 Å². The number of nitrogens with zero attached hydrogens (tertiary/aromatic N) is 2. The third-order valence-electron chi connectivity index (χ3n) is 3.66. The highest BCUT2D eigenvalue weighted by Crippen LogP contribution is 2.12. The van der Waals surface area contributed by atoms with Gasteiger partial charge in [0.2, 0.25) is 5.91 Å². The van der Waals surface area contributed by atoms with E-state index in [1.165, 1.54) is 19.1 Å². The van der Waals surface area contributed by atoms with E-state index < -0.39 is 0 Å². The minimum Gasteiger partial charge on any atom is -0.357 e. The van der Waals surface area contributed by atoms with Gasteiger partial charge in [-0.15, -0.1) is 0 Å². The van der Waals surface area contributed by atoms with Crippen LogP contribution in [0.3, 0.4) is 0 Å². The van der Waals surface area contributed by atoms with E-state index in [1.807, 2.05) is 49.2 Å². The Hall–Kier alpha value is -2.89. The van der Waals surface area contributed by atoms with Gasteiger partial charge in [0.1, 0.15) is 5.82 Å². The molecular weight excluding hydrogens is 331 g/mol. The summed E-state index contributed by atoms with van der Waals surface area (Å²) < 4.78 is 13.4. The Morgan fingerprint density at radius 1 is 1.15 bits per heavy atom. The van der Waals surface area contributed by atoms with Crippen molar-refractivity contribution in [3.63, 3.8) is 0 Å². The molecule has 0 aliphatic carbocycles. The van der Waals surface area contributed by atoms with Gasteiger partial charge in [0.05, 0.1) is 6.54 Å². The average molecular weight is 356 g/mol. The number of aliphatic imine (C=N–C) groups is 1. The first-order valence-electron chi connectivity index (χ1n) is 8.58. The summed E-state index contributed by atoms with van der Waals surface area (Å²) >= 11 is 0. The lowest BCUT2D eigenvalue weighted by Crippen LogP contribution is -2.38. The molecule has 6 heteroatoms. The van der Waals surface area contributed by atoms with Crippen LogP contribution in [-0.4, -0.2) is 30.4 Å². The van der Waals surface area contributed by atoms with Crippen LogP contribution in [0.2, 0.25) is 0 Å². The highest BCUT2D eigenvalue weighted by Gasteiger charge is 2.07. The zero-order chi connectivity index (χ0) is 18.9. The topological polar surface area (TPSA) is 56.7 Å². The number of rotatable bonds is 6. The summed E-state index contributed by atoms with van der Waals surface area (Å²) in [5, 5.41) is 6.02. The van der Waals surface area contributed by atoms with E-state index >= 15 is 0 Å². The van der Waals surface area contributed by atoms with Crippen molar-refractivity contribution < 1.29 is 9.18 Å². The average Bonchev–Trinajstić information content (AvgIpc) is 2.58. The highest BCUT2D eigenvalue weighted by molar-refractivity contribution is 5.88. The van der Waals surface area contributed by atoms with Crippen LogP contribution in [0.25, 0.3) is 0 Å². The summed E-state index contributed by atoms with van der Waals surface area (Å²) in [6, 6.07) is 14.2. The molecule has 2 aromatic rings. The minimum absolute atomic E-state index is 0.103. The Balaban J connectivity index is 2.09. The molecule has 0 saturated carbocycles. The van der Waals surface area contributed by atoms with E-state index in [1.54, 1.807) is 6.07 Å². The third kappa shape index (κ3) is 6.20. The van der Waals surface area contributed by atoms with Gasteiger partial charge in [-0.3, -0.25) is 4.79 Å². The Morgan fingerprint density at radius 3 is 2.58 bits per heavy atom.